The van der Waals surface area contributed by atoms with Crippen molar-refractivity contribution in [1.29, 1.82) is 0 Å². The number of furan rings is 2. The van der Waals surface area contributed by atoms with Gasteiger partial charge in [0, 0.05) is 27.0 Å². The molecule has 13 rings (SSSR count). The van der Waals surface area contributed by atoms with Gasteiger partial charge < -0.3 is 8.83 Å². The van der Waals surface area contributed by atoms with Crippen molar-refractivity contribution in [2.45, 2.75) is 19.3 Å². The van der Waals surface area contributed by atoms with Crippen LogP contribution >= 0.6 is 0 Å². The summed E-state index contributed by atoms with van der Waals surface area (Å²) in [4.78, 5) is 0. The van der Waals surface area contributed by atoms with Crippen molar-refractivity contribution < 1.29 is 8.83 Å². The van der Waals surface area contributed by atoms with E-state index in [1.807, 2.05) is 0 Å². The number of fused-ring (bicyclic) bond motifs is 15. The van der Waals surface area contributed by atoms with Gasteiger partial charge in [-0.1, -0.05) is 147 Å². The molecule has 0 amide bonds. The molecule has 276 valence electrons. The number of rotatable bonds is 3. The molecule has 2 nitrogen and oxygen atoms in total. The second-order valence-corrected chi connectivity index (χ2v) is 16.8. The SMILES string of the molecule is CC1(C)c2ccccc2-c2c(-c3ccc4oc5cc6c(cc5c4c3)oc3ccc(-c4cccc(-c5ccc7c8ccccc8c8ccccc8c7c5)c4)cc36)cccc21. The van der Waals surface area contributed by atoms with Crippen LogP contribution in [0.15, 0.2) is 191 Å². The molecule has 0 aliphatic heterocycles. The predicted molar refractivity (Wildman–Crippen MR) is 247 cm³/mol. The first-order valence-corrected chi connectivity index (χ1v) is 20.5. The average molecular weight is 753 g/mol. The van der Waals surface area contributed by atoms with Crippen LogP contribution in [-0.2, 0) is 5.41 Å². The van der Waals surface area contributed by atoms with Crippen LogP contribution in [0.5, 0.6) is 0 Å². The summed E-state index contributed by atoms with van der Waals surface area (Å²) in [5.41, 5.74) is 16.0. The van der Waals surface area contributed by atoms with Crippen LogP contribution in [0.2, 0.25) is 0 Å². The molecule has 12 aromatic rings. The highest BCUT2D eigenvalue weighted by molar-refractivity contribution is 6.26. The second-order valence-electron chi connectivity index (χ2n) is 16.8. The fraction of sp³-hybridized carbons (Fsp3) is 0.0526. The van der Waals surface area contributed by atoms with E-state index in [-0.39, 0.29) is 5.41 Å². The van der Waals surface area contributed by atoms with Gasteiger partial charge in [-0.3, -0.25) is 0 Å². The van der Waals surface area contributed by atoms with Gasteiger partial charge in [-0.05, 0) is 136 Å². The lowest BCUT2D eigenvalue weighted by molar-refractivity contribution is 0.660. The maximum atomic E-state index is 6.57. The first-order valence-electron chi connectivity index (χ1n) is 20.5. The van der Waals surface area contributed by atoms with E-state index in [0.717, 1.165) is 55.0 Å². The van der Waals surface area contributed by atoms with Crippen molar-refractivity contribution >= 4 is 76.2 Å². The highest BCUT2D eigenvalue weighted by Gasteiger charge is 2.36. The van der Waals surface area contributed by atoms with Gasteiger partial charge >= 0.3 is 0 Å². The summed E-state index contributed by atoms with van der Waals surface area (Å²) in [5, 5.41) is 12.0. The van der Waals surface area contributed by atoms with E-state index < -0.39 is 0 Å². The molecule has 2 aromatic heterocycles. The summed E-state index contributed by atoms with van der Waals surface area (Å²) in [6, 6.07) is 66.5. The molecule has 0 spiro atoms. The Labute approximate surface area is 340 Å². The zero-order chi connectivity index (χ0) is 39.0. The third-order valence-electron chi connectivity index (χ3n) is 13.3. The standard InChI is InChI=1S/C57H36O2/c1-57(2)50-19-8-7-17-44(50)56-38(18-10-20-51(56)57)37-23-26-53-47(30-37)49-32-54-48(31-55(49)59-53)46-29-36(22-25-52(46)58-54)34-12-9-11-33(27-34)35-21-24-43-41-15-4-3-13-39(41)40-14-5-6-16-42(40)45(43)28-35/h3-32H,1-2H3. The minimum Gasteiger partial charge on any atom is -0.456 e. The van der Waals surface area contributed by atoms with Gasteiger partial charge in [0.25, 0.3) is 0 Å². The molecule has 1 aliphatic rings. The van der Waals surface area contributed by atoms with Crippen molar-refractivity contribution in [2.24, 2.45) is 0 Å². The molecule has 0 unspecified atom stereocenters. The molecule has 0 saturated carbocycles. The fourth-order valence-corrected chi connectivity index (χ4v) is 10.4. The highest BCUT2D eigenvalue weighted by Crippen LogP contribution is 2.52. The van der Waals surface area contributed by atoms with Gasteiger partial charge in [-0.25, -0.2) is 0 Å². The summed E-state index contributed by atoms with van der Waals surface area (Å²) >= 11 is 0. The largest absolute Gasteiger partial charge is 0.456 e. The zero-order valence-electron chi connectivity index (χ0n) is 32.6. The molecule has 0 bridgehead atoms. The molecule has 0 N–H and O–H groups in total. The van der Waals surface area contributed by atoms with Gasteiger partial charge in [0.15, 0.2) is 0 Å². The summed E-state index contributed by atoms with van der Waals surface area (Å²) in [6.07, 6.45) is 0. The normalized spacial score (nSPS) is 13.4. The smallest absolute Gasteiger partial charge is 0.136 e. The van der Waals surface area contributed by atoms with E-state index in [1.165, 1.54) is 76.8 Å². The van der Waals surface area contributed by atoms with Crippen molar-refractivity contribution in [3.8, 4) is 44.5 Å². The van der Waals surface area contributed by atoms with Crippen LogP contribution in [0, 0.1) is 0 Å². The zero-order valence-corrected chi connectivity index (χ0v) is 32.6. The molecule has 59 heavy (non-hydrogen) atoms. The summed E-state index contributed by atoms with van der Waals surface area (Å²) in [6.45, 7) is 4.67. The Bertz CT molecular complexity index is 3730. The summed E-state index contributed by atoms with van der Waals surface area (Å²) in [7, 11) is 0. The van der Waals surface area contributed by atoms with Gasteiger partial charge in [0.1, 0.15) is 22.3 Å². The Morgan fingerprint density at radius 2 is 0.729 bits per heavy atom. The number of hydrogen-bond donors (Lipinski definition) is 0. The predicted octanol–water partition coefficient (Wildman–Crippen LogP) is 16.3. The van der Waals surface area contributed by atoms with Crippen LogP contribution in [0.1, 0.15) is 25.0 Å². The van der Waals surface area contributed by atoms with E-state index in [2.05, 4.69) is 196 Å². The van der Waals surface area contributed by atoms with Crippen molar-refractivity contribution in [3.63, 3.8) is 0 Å². The topological polar surface area (TPSA) is 26.3 Å². The van der Waals surface area contributed by atoms with E-state index in [1.54, 1.807) is 0 Å². The lowest BCUT2D eigenvalue weighted by Gasteiger charge is -2.21. The Balaban J connectivity index is 0.904. The lowest BCUT2D eigenvalue weighted by atomic mass is 9.82. The van der Waals surface area contributed by atoms with Crippen LogP contribution in [-0.4, -0.2) is 0 Å². The molecule has 0 fully saturated rings. The molecule has 2 heteroatoms. The summed E-state index contributed by atoms with van der Waals surface area (Å²) in [5.74, 6) is 0. The third kappa shape index (κ3) is 4.63. The Morgan fingerprint density at radius 1 is 0.288 bits per heavy atom. The van der Waals surface area contributed by atoms with Crippen molar-refractivity contribution in [3.05, 3.63) is 193 Å². The maximum Gasteiger partial charge on any atom is 0.136 e. The first kappa shape index (κ1) is 32.6. The second kappa shape index (κ2) is 11.8. The van der Waals surface area contributed by atoms with E-state index >= 15 is 0 Å². The van der Waals surface area contributed by atoms with Crippen LogP contribution in [0.3, 0.4) is 0 Å². The van der Waals surface area contributed by atoms with Crippen LogP contribution in [0.4, 0.5) is 0 Å². The highest BCUT2D eigenvalue weighted by atomic mass is 16.3. The monoisotopic (exact) mass is 752 g/mol. The van der Waals surface area contributed by atoms with Crippen LogP contribution in [0.25, 0.3) is 121 Å². The van der Waals surface area contributed by atoms with Gasteiger partial charge in [-0.2, -0.15) is 0 Å². The van der Waals surface area contributed by atoms with Crippen molar-refractivity contribution in [1.82, 2.24) is 0 Å². The first-order chi connectivity index (χ1) is 29.0. The van der Waals surface area contributed by atoms with E-state index in [4.69, 9.17) is 8.83 Å². The Kier molecular flexibility index (Phi) is 6.54. The van der Waals surface area contributed by atoms with E-state index in [9.17, 15) is 0 Å². The van der Waals surface area contributed by atoms with Gasteiger partial charge in [0.05, 0.1) is 0 Å². The summed E-state index contributed by atoms with van der Waals surface area (Å²) < 4.78 is 13.1. The molecule has 10 aromatic carbocycles. The Morgan fingerprint density at radius 3 is 1.39 bits per heavy atom. The molecule has 0 radical (unpaired) electrons. The Hall–Kier alpha value is -7.42. The minimum atomic E-state index is -0.0487. The number of hydrogen-bond acceptors (Lipinski definition) is 2. The van der Waals surface area contributed by atoms with Crippen LogP contribution < -0.4 is 0 Å². The van der Waals surface area contributed by atoms with Gasteiger partial charge in [0.2, 0.25) is 0 Å². The van der Waals surface area contributed by atoms with Crippen molar-refractivity contribution in [2.75, 3.05) is 0 Å². The quantitative estimate of drug-likeness (QED) is 0.168. The third-order valence-corrected chi connectivity index (χ3v) is 13.3. The molecule has 2 heterocycles. The lowest BCUT2D eigenvalue weighted by Crippen LogP contribution is -2.14. The molecular formula is C57H36O2. The average Bonchev–Trinajstić information content (AvgIpc) is 3.91. The molecule has 1 aliphatic carbocycles. The minimum absolute atomic E-state index is 0.0487. The fourth-order valence-electron chi connectivity index (χ4n) is 10.4. The molecular weight excluding hydrogens is 717 g/mol. The van der Waals surface area contributed by atoms with Gasteiger partial charge in [-0.15, -0.1) is 0 Å². The molecule has 0 atom stereocenters. The number of benzene rings is 10. The molecule has 0 saturated heterocycles. The maximum absolute atomic E-state index is 6.57. The van der Waals surface area contributed by atoms with E-state index in [0.29, 0.717) is 0 Å².